The maximum atomic E-state index is 3.60. The second kappa shape index (κ2) is 6.50. The van der Waals surface area contributed by atoms with Crippen LogP contribution in [0.25, 0.3) is 0 Å². The third-order valence-corrected chi connectivity index (χ3v) is 5.29. The summed E-state index contributed by atoms with van der Waals surface area (Å²) in [4.78, 5) is 2.56. The first kappa shape index (κ1) is 16.5. The summed E-state index contributed by atoms with van der Waals surface area (Å²) in [6.45, 7) is 11.7. The molecule has 0 amide bonds. The zero-order valence-electron chi connectivity index (χ0n) is 14.4. The number of nitrogens with one attached hydrogen (secondary N) is 1. The molecule has 1 saturated heterocycles. The highest BCUT2D eigenvalue weighted by Crippen LogP contribution is 2.41. The third kappa shape index (κ3) is 4.31. The van der Waals surface area contributed by atoms with Crippen LogP contribution < -0.4 is 5.32 Å². The molecule has 1 fully saturated rings. The van der Waals surface area contributed by atoms with E-state index < -0.39 is 0 Å². The zero-order valence-corrected chi connectivity index (χ0v) is 14.4. The Kier molecular flexibility index (Phi) is 5.11. The minimum absolute atomic E-state index is 0.311. The fourth-order valence-electron chi connectivity index (χ4n) is 3.92. The minimum atomic E-state index is 0.311. The molecule has 0 atom stereocenters. The normalized spacial score (nSPS) is 22.3. The maximum absolute atomic E-state index is 3.60. The van der Waals surface area contributed by atoms with Gasteiger partial charge in [0.05, 0.1) is 0 Å². The molecule has 0 bridgehead atoms. The van der Waals surface area contributed by atoms with Gasteiger partial charge in [0.2, 0.25) is 0 Å². The van der Waals surface area contributed by atoms with Crippen LogP contribution in [0.3, 0.4) is 0 Å². The first-order valence-electron chi connectivity index (χ1n) is 8.30. The van der Waals surface area contributed by atoms with Gasteiger partial charge in [-0.15, -0.1) is 0 Å². The third-order valence-electron chi connectivity index (χ3n) is 5.29. The van der Waals surface area contributed by atoms with Gasteiger partial charge >= 0.3 is 0 Å². The Morgan fingerprint density at radius 1 is 1.05 bits per heavy atom. The fourth-order valence-corrected chi connectivity index (χ4v) is 3.92. The second-order valence-corrected chi connectivity index (χ2v) is 7.91. The Bertz CT molecular complexity index is 418. The molecule has 2 rings (SSSR count). The van der Waals surface area contributed by atoms with E-state index in [9.17, 15) is 0 Å². The first-order valence-corrected chi connectivity index (χ1v) is 8.30. The van der Waals surface area contributed by atoms with Crippen molar-refractivity contribution < 1.29 is 0 Å². The van der Waals surface area contributed by atoms with Crippen LogP contribution >= 0.6 is 0 Å². The van der Waals surface area contributed by atoms with Crippen molar-refractivity contribution in [2.75, 3.05) is 13.6 Å². The number of hydrogen-bond acceptors (Lipinski definition) is 2. The molecule has 0 aromatic heterocycles. The lowest BCUT2D eigenvalue weighted by atomic mass is 9.73. The van der Waals surface area contributed by atoms with Crippen LogP contribution in [0.2, 0.25) is 0 Å². The van der Waals surface area contributed by atoms with Crippen LogP contribution in [0.5, 0.6) is 0 Å². The molecule has 21 heavy (non-hydrogen) atoms. The first-order chi connectivity index (χ1) is 9.81. The molecule has 1 heterocycles. The molecule has 118 valence electrons. The molecule has 2 heteroatoms. The Labute approximate surface area is 130 Å². The van der Waals surface area contributed by atoms with E-state index in [0.29, 0.717) is 11.1 Å². The van der Waals surface area contributed by atoms with Crippen LogP contribution in [0.1, 0.15) is 52.5 Å². The molecule has 1 aliphatic heterocycles. The van der Waals surface area contributed by atoms with Gasteiger partial charge in [0, 0.05) is 17.6 Å². The minimum Gasteiger partial charge on any atom is -0.313 e. The highest BCUT2D eigenvalue weighted by Gasteiger charge is 2.42. The van der Waals surface area contributed by atoms with Crippen molar-refractivity contribution >= 4 is 0 Å². The summed E-state index contributed by atoms with van der Waals surface area (Å²) < 4.78 is 0. The van der Waals surface area contributed by atoms with Gasteiger partial charge in [-0.1, -0.05) is 30.3 Å². The van der Waals surface area contributed by atoms with Crippen LogP contribution in [0.4, 0.5) is 0 Å². The highest BCUT2D eigenvalue weighted by molar-refractivity contribution is 5.14. The number of rotatable bonds is 5. The lowest BCUT2D eigenvalue weighted by Crippen LogP contribution is -2.58. The van der Waals surface area contributed by atoms with Gasteiger partial charge in [0.25, 0.3) is 0 Å². The van der Waals surface area contributed by atoms with Gasteiger partial charge in [-0.2, -0.15) is 0 Å². The summed E-state index contributed by atoms with van der Waals surface area (Å²) in [5, 5.41) is 3.60. The smallest absolute Gasteiger partial charge is 0.0205 e. The van der Waals surface area contributed by atoms with E-state index in [4.69, 9.17) is 0 Å². The quantitative estimate of drug-likeness (QED) is 0.822. The lowest BCUT2D eigenvalue weighted by molar-refractivity contribution is -0.0314. The molecule has 0 saturated carbocycles. The molecule has 0 unspecified atom stereocenters. The van der Waals surface area contributed by atoms with Crippen molar-refractivity contribution in [3.8, 4) is 0 Å². The molecular weight excluding hydrogens is 256 g/mol. The zero-order chi connectivity index (χ0) is 15.5. The molecule has 0 radical (unpaired) electrons. The molecule has 1 N–H and O–H groups in total. The summed E-state index contributed by atoms with van der Waals surface area (Å²) in [6, 6.07) is 10.7. The number of likely N-dealkylation sites (tertiary alicyclic amines) is 1. The molecule has 1 aromatic rings. The Morgan fingerprint density at radius 3 is 2.19 bits per heavy atom. The second-order valence-electron chi connectivity index (χ2n) is 7.91. The number of piperidine rings is 1. The van der Waals surface area contributed by atoms with Crippen molar-refractivity contribution in [2.24, 2.45) is 5.92 Å². The van der Waals surface area contributed by atoms with E-state index in [2.05, 4.69) is 75.3 Å². The van der Waals surface area contributed by atoms with E-state index in [-0.39, 0.29) is 0 Å². The summed E-state index contributed by atoms with van der Waals surface area (Å²) in [5.74, 6) is 0.828. The SMILES string of the molecule is CN1C(C)(C)CC(CCNCc2ccccc2)CC1(C)C. The van der Waals surface area contributed by atoms with Gasteiger partial charge in [-0.3, -0.25) is 4.90 Å². The van der Waals surface area contributed by atoms with Crippen LogP contribution in [0, 0.1) is 5.92 Å². The van der Waals surface area contributed by atoms with Crippen molar-refractivity contribution in [3.05, 3.63) is 35.9 Å². The van der Waals surface area contributed by atoms with Gasteiger partial charge in [0.1, 0.15) is 0 Å². The average molecular weight is 288 g/mol. The van der Waals surface area contributed by atoms with Gasteiger partial charge in [-0.25, -0.2) is 0 Å². The van der Waals surface area contributed by atoms with E-state index in [0.717, 1.165) is 19.0 Å². The fraction of sp³-hybridized carbons (Fsp3) is 0.684. The number of nitrogens with zero attached hydrogens (tertiary/aromatic N) is 1. The Morgan fingerprint density at radius 2 is 1.62 bits per heavy atom. The summed E-state index contributed by atoms with van der Waals surface area (Å²) in [7, 11) is 2.28. The predicted octanol–water partition coefficient (Wildman–Crippen LogP) is 4.07. The van der Waals surface area contributed by atoms with E-state index >= 15 is 0 Å². The van der Waals surface area contributed by atoms with Crippen molar-refractivity contribution in [1.29, 1.82) is 0 Å². The summed E-state index contributed by atoms with van der Waals surface area (Å²) in [5.41, 5.74) is 2.00. The molecule has 2 nitrogen and oxygen atoms in total. The molecule has 1 aliphatic rings. The van der Waals surface area contributed by atoms with E-state index in [1.54, 1.807) is 0 Å². The van der Waals surface area contributed by atoms with Crippen molar-refractivity contribution in [2.45, 2.75) is 64.6 Å². The van der Waals surface area contributed by atoms with E-state index in [1.807, 2.05) is 0 Å². The summed E-state index contributed by atoms with van der Waals surface area (Å²) >= 11 is 0. The topological polar surface area (TPSA) is 15.3 Å². The van der Waals surface area contributed by atoms with Crippen molar-refractivity contribution in [1.82, 2.24) is 10.2 Å². The largest absolute Gasteiger partial charge is 0.313 e. The maximum Gasteiger partial charge on any atom is 0.0205 e. The molecule has 0 aliphatic carbocycles. The highest BCUT2D eigenvalue weighted by atomic mass is 15.2. The standard InChI is InChI=1S/C19H32N2/c1-18(2)13-17(14-19(3,4)21(18)5)11-12-20-15-16-9-7-6-8-10-16/h6-10,17,20H,11-15H2,1-5H3. The predicted molar refractivity (Wildman–Crippen MR) is 91.4 cm³/mol. The molecule has 1 aromatic carbocycles. The molecule has 0 spiro atoms. The van der Waals surface area contributed by atoms with Gasteiger partial charge in [0.15, 0.2) is 0 Å². The lowest BCUT2D eigenvalue weighted by Gasteiger charge is -2.54. The van der Waals surface area contributed by atoms with E-state index in [1.165, 1.54) is 24.8 Å². The molecular formula is C19H32N2. The van der Waals surface area contributed by atoms with Crippen LogP contribution in [-0.4, -0.2) is 29.6 Å². The Hall–Kier alpha value is -0.860. The Balaban J connectivity index is 1.78. The number of benzene rings is 1. The average Bonchev–Trinajstić information content (AvgIpc) is 2.42. The van der Waals surface area contributed by atoms with Crippen LogP contribution in [0.15, 0.2) is 30.3 Å². The van der Waals surface area contributed by atoms with Gasteiger partial charge < -0.3 is 5.32 Å². The monoisotopic (exact) mass is 288 g/mol. The van der Waals surface area contributed by atoms with Gasteiger partial charge in [-0.05, 0) is 72.0 Å². The van der Waals surface area contributed by atoms with Crippen molar-refractivity contribution in [3.63, 3.8) is 0 Å². The number of hydrogen-bond donors (Lipinski definition) is 1. The summed E-state index contributed by atoms with van der Waals surface area (Å²) in [6.07, 6.45) is 3.90. The van der Waals surface area contributed by atoms with Crippen LogP contribution in [-0.2, 0) is 6.54 Å².